The SMILES string of the molecule is COc1cc(Br)c2oc(-c3ccc(C)c(-n4cnnc4)c3)nc2c1. The van der Waals surface area contributed by atoms with E-state index in [-0.39, 0.29) is 0 Å². The van der Waals surface area contributed by atoms with Gasteiger partial charge in [-0.15, -0.1) is 10.2 Å². The van der Waals surface area contributed by atoms with Crippen LogP contribution in [0.1, 0.15) is 5.56 Å². The molecule has 0 amide bonds. The lowest BCUT2D eigenvalue weighted by atomic mass is 10.1. The van der Waals surface area contributed by atoms with Gasteiger partial charge in [0.15, 0.2) is 5.58 Å². The van der Waals surface area contributed by atoms with Crippen molar-refractivity contribution in [2.75, 3.05) is 7.11 Å². The zero-order valence-corrected chi connectivity index (χ0v) is 14.6. The lowest BCUT2D eigenvalue weighted by Crippen LogP contribution is -1.94. The van der Waals surface area contributed by atoms with Crippen molar-refractivity contribution in [2.24, 2.45) is 0 Å². The lowest BCUT2D eigenvalue weighted by molar-refractivity contribution is 0.415. The molecule has 0 aliphatic rings. The van der Waals surface area contributed by atoms with Gasteiger partial charge in [0.25, 0.3) is 0 Å². The van der Waals surface area contributed by atoms with Gasteiger partial charge in [-0.2, -0.15) is 0 Å². The number of nitrogens with zero attached hydrogens (tertiary/aromatic N) is 4. The maximum absolute atomic E-state index is 5.94. The number of oxazole rings is 1. The number of benzene rings is 2. The molecular formula is C17H13BrN4O2. The fourth-order valence-corrected chi connectivity index (χ4v) is 3.06. The van der Waals surface area contributed by atoms with Crippen molar-refractivity contribution in [1.29, 1.82) is 0 Å². The molecule has 2 heterocycles. The van der Waals surface area contributed by atoms with E-state index >= 15 is 0 Å². The number of halogens is 1. The smallest absolute Gasteiger partial charge is 0.227 e. The molecule has 24 heavy (non-hydrogen) atoms. The van der Waals surface area contributed by atoms with Crippen LogP contribution in [-0.4, -0.2) is 26.9 Å². The summed E-state index contributed by atoms with van der Waals surface area (Å²) in [7, 11) is 1.63. The van der Waals surface area contributed by atoms with Gasteiger partial charge in [0.05, 0.1) is 17.3 Å². The van der Waals surface area contributed by atoms with Gasteiger partial charge >= 0.3 is 0 Å². The van der Waals surface area contributed by atoms with E-state index in [9.17, 15) is 0 Å². The fourth-order valence-electron chi connectivity index (χ4n) is 2.55. The number of hydrogen-bond donors (Lipinski definition) is 0. The molecule has 7 heteroatoms. The van der Waals surface area contributed by atoms with Gasteiger partial charge in [-0.25, -0.2) is 4.98 Å². The number of rotatable bonds is 3. The highest BCUT2D eigenvalue weighted by molar-refractivity contribution is 9.10. The van der Waals surface area contributed by atoms with Gasteiger partial charge in [-0.05, 0) is 46.6 Å². The van der Waals surface area contributed by atoms with Crippen LogP contribution in [0.25, 0.3) is 28.2 Å². The van der Waals surface area contributed by atoms with Crippen LogP contribution in [-0.2, 0) is 0 Å². The minimum atomic E-state index is 0.549. The van der Waals surface area contributed by atoms with Crippen LogP contribution in [0.4, 0.5) is 0 Å². The molecule has 6 nitrogen and oxygen atoms in total. The van der Waals surface area contributed by atoms with Crippen molar-refractivity contribution in [3.8, 4) is 22.9 Å². The average Bonchev–Trinajstić information content (AvgIpc) is 3.24. The number of aryl methyl sites for hydroxylation is 1. The van der Waals surface area contributed by atoms with E-state index in [4.69, 9.17) is 9.15 Å². The summed E-state index contributed by atoms with van der Waals surface area (Å²) in [4.78, 5) is 4.59. The summed E-state index contributed by atoms with van der Waals surface area (Å²) < 4.78 is 13.9. The molecule has 0 spiro atoms. The van der Waals surface area contributed by atoms with E-state index in [1.54, 1.807) is 19.8 Å². The number of aromatic nitrogens is 4. The monoisotopic (exact) mass is 384 g/mol. The first-order valence-corrected chi connectivity index (χ1v) is 8.05. The van der Waals surface area contributed by atoms with Crippen molar-refractivity contribution < 1.29 is 9.15 Å². The summed E-state index contributed by atoms with van der Waals surface area (Å²) in [5.74, 6) is 1.27. The zero-order chi connectivity index (χ0) is 16.7. The van der Waals surface area contributed by atoms with Gasteiger partial charge in [0.1, 0.15) is 23.9 Å². The maximum atomic E-state index is 5.94. The van der Waals surface area contributed by atoms with Crippen LogP contribution in [0.15, 0.2) is 51.9 Å². The predicted octanol–water partition coefficient (Wildman–Crippen LogP) is 4.16. The third-order valence-corrected chi connectivity index (χ3v) is 4.40. The first kappa shape index (κ1) is 14.9. The third-order valence-electron chi connectivity index (χ3n) is 3.81. The summed E-state index contributed by atoms with van der Waals surface area (Å²) in [6.07, 6.45) is 3.33. The normalized spacial score (nSPS) is 11.1. The van der Waals surface area contributed by atoms with Crippen molar-refractivity contribution in [3.63, 3.8) is 0 Å². The first-order valence-electron chi connectivity index (χ1n) is 7.26. The van der Waals surface area contributed by atoms with Crippen LogP contribution < -0.4 is 4.74 Å². The van der Waals surface area contributed by atoms with E-state index in [0.717, 1.165) is 32.6 Å². The Kier molecular flexibility index (Phi) is 3.57. The van der Waals surface area contributed by atoms with E-state index in [1.807, 2.05) is 41.8 Å². The quantitative estimate of drug-likeness (QED) is 0.530. The van der Waals surface area contributed by atoms with Crippen molar-refractivity contribution >= 4 is 27.0 Å². The van der Waals surface area contributed by atoms with Crippen LogP contribution in [0, 0.1) is 6.92 Å². The number of hydrogen-bond acceptors (Lipinski definition) is 5. The largest absolute Gasteiger partial charge is 0.497 e. The average molecular weight is 385 g/mol. The zero-order valence-electron chi connectivity index (χ0n) is 13.0. The molecule has 0 N–H and O–H groups in total. The lowest BCUT2D eigenvalue weighted by Gasteiger charge is -2.07. The summed E-state index contributed by atoms with van der Waals surface area (Å²) in [6.45, 7) is 2.03. The third kappa shape index (κ3) is 2.46. The predicted molar refractivity (Wildman–Crippen MR) is 93.4 cm³/mol. The molecule has 0 aliphatic heterocycles. The number of methoxy groups -OCH3 is 1. The molecule has 4 aromatic rings. The Morgan fingerprint density at radius 1 is 1.12 bits per heavy atom. The maximum Gasteiger partial charge on any atom is 0.227 e. The summed E-state index contributed by atoms with van der Waals surface area (Å²) in [5.41, 5.74) is 4.40. The van der Waals surface area contributed by atoms with E-state index in [2.05, 4.69) is 31.1 Å². The molecule has 2 aromatic carbocycles. The second-order valence-electron chi connectivity index (χ2n) is 5.35. The van der Waals surface area contributed by atoms with Crippen LogP contribution in [0.2, 0.25) is 0 Å². The minimum Gasteiger partial charge on any atom is -0.497 e. The van der Waals surface area contributed by atoms with E-state index < -0.39 is 0 Å². The van der Waals surface area contributed by atoms with Gasteiger partial charge in [0, 0.05) is 11.6 Å². The molecule has 0 radical (unpaired) electrons. The molecule has 0 unspecified atom stereocenters. The Labute approximate surface area is 146 Å². The Morgan fingerprint density at radius 3 is 2.67 bits per heavy atom. The van der Waals surface area contributed by atoms with Crippen molar-refractivity contribution in [1.82, 2.24) is 19.7 Å². The van der Waals surface area contributed by atoms with Crippen LogP contribution >= 0.6 is 15.9 Å². The van der Waals surface area contributed by atoms with Crippen LogP contribution in [0.3, 0.4) is 0 Å². The summed E-state index contributed by atoms with van der Waals surface area (Å²) >= 11 is 3.50. The highest BCUT2D eigenvalue weighted by atomic mass is 79.9. The standard InChI is InChI=1S/C17H13BrN4O2/c1-10-3-4-11(5-15(10)22-8-19-20-9-22)17-21-14-7-12(23-2)6-13(18)16(14)24-17/h3-9H,1-2H3. The second-order valence-corrected chi connectivity index (χ2v) is 6.20. The summed E-state index contributed by atoms with van der Waals surface area (Å²) in [6, 6.07) is 9.72. The molecular weight excluding hydrogens is 372 g/mol. The second kappa shape index (κ2) is 5.76. The van der Waals surface area contributed by atoms with E-state index in [0.29, 0.717) is 11.5 Å². The van der Waals surface area contributed by atoms with Crippen LogP contribution in [0.5, 0.6) is 5.75 Å². The van der Waals surface area contributed by atoms with Crippen molar-refractivity contribution in [2.45, 2.75) is 6.92 Å². The van der Waals surface area contributed by atoms with Crippen molar-refractivity contribution in [3.05, 3.63) is 53.0 Å². The molecule has 0 bridgehead atoms. The molecule has 0 aliphatic carbocycles. The molecule has 4 rings (SSSR count). The topological polar surface area (TPSA) is 66.0 Å². The summed E-state index contributed by atoms with van der Waals surface area (Å²) in [5, 5.41) is 7.72. The number of ether oxygens (including phenoxy) is 1. The minimum absolute atomic E-state index is 0.549. The first-order chi connectivity index (χ1) is 11.7. The molecule has 0 saturated carbocycles. The highest BCUT2D eigenvalue weighted by Crippen LogP contribution is 2.33. The Hall–Kier alpha value is -2.67. The molecule has 0 atom stereocenters. The van der Waals surface area contributed by atoms with Gasteiger partial charge in [-0.3, -0.25) is 4.57 Å². The Bertz CT molecular complexity index is 1020. The van der Waals surface area contributed by atoms with E-state index in [1.165, 1.54) is 0 Å². The Morgan fingerprint density at radius 2 is 1.92 bits per heavy atom. The molecule has 0 saturated heterocycles. The Balaban J connectivity index is 1.86. The highest BCUT2D eigenvalue weighted by Gasteiger charge is 2.14. The number of fused-ring (bicyclic) bond motifs is 1. The molecule has 0 fully saturated rings. The van der Waals surface area contributed by atoms with Gasteiger partial charge < -0.3 is 9.15 Å². The van der Waals surface area contributed by atoms with Gasteiger partial charge in [0.2, 0.25) is 5.89 Å². The molecule has 120 valence electrons. The van der Waals surface area contributed by atoms with Gasteiger partial charge in [-0.1, -0.05) is 6.07 Å². The molecule has 2 aromatic heterocycles. The fraction of sp³-hybridized carbons (Fsp3) is 0.118.